The predicted octanol–water partition coefficient (Wildman–Crippen LogP) is 0.622. The Morgan fingerprint density at radius 1 is 1.35 bits per heavy atom. The third-order valence-electron chi connectivity index (χ3n) is 3.65. The van der Waals surface area contributed by atoms with Gasteiger partial charge in [0.2, 0.25) is 0 Å². The summed E-state index contributed by atoms with van der Waals surface area (Å²) in [6.45, 7) is 1.90. The highest BCUT2D eigenvalue weighted by Crippen LogP contribution is 2.25. The molecule has 0 bridgehead atoms. The van der Waals surface area contributed by atoms with Crippen LogP contribution in [0.25, 0.3) is 0 Å². The van der Waals surface area contributed by atoms with Crippen LogP contribution in [0.15, 0.2) is 24.3 Å². The second kappa shape index (κ2) is 6.72. The summed E-state index contributed by atoms with van der Waals surface area (Å²) in [6, 6.07) is 7.41. The number of nitrogens with one attached hydrogen (secondary N) is 1. The topological polar surface area (TPSA) is 78.8 Å². The van der Waals surface area contributed by atoms with E-state index < -0.39 is 6.10 Å². The number of aliphatic hydroxyl groups is 2. The summed E-state index contributed by atoms with van der Waals surface area (Å²) >= 11 is 0. The second-order valence-electron chi connectivity index (χ2n) is 5.35. The van der Waals surface area contributed by atoms with E-state index in [-0.39, 0.29) is 31.1 Å². The van der Waals surface area contributed by atoms with Crippen molar-refractivity contribution in [1.82, 2.24) is 5.32 Å². The van der Waals surface area contributed by atoms with Crippen molar-refractivity contribution in [3.05, 3.63) is 29.8 Å². The molecule has 20 heavy (non-hydrogen) atoms. The van der Waals surface area contributed by atoms with Crippen molar-refractivity contribution in [2.45, 2.75) is 31.9 Å². The van der Waals surface area contributed by atoms with Gasteiger partial charge in [0.1, 0.15) is 5.75 Å². The van der Waals surface area contributed by atoms with Gasteiger partial charge in [-0.05, 0) is 31.9 Å². The summed E-state index contributed by atoms with van der Waals surface area (Å²) in [7, 11) is 0. The molecule has 5 nitrogen and oxygen atoms in total. The van der Waals surface area contributed by atoms with Gasteiger partial charge in [-0.3, -0.25) is 4.79 Å². The van der Waals surface area contributed by atoms with E-state index in [4.69, 9.17) is 9.84 Å². The second-order valence-corrected chi connectivity index (χ2v) is 5.35. The van der Waals surface area contributed by atoms with Gasteiger partial charge < -0.3 is 20.3 Å². The number of aliphatic hydroxyl groups excluding tert-OH is 2. The van der Waals surface area contributed by atoms with Gasteiger partial charge >= 0.3 is 0 Å². The number of benzene rings is 1. The van der Waals surface area contributed by atoms with Gasteiger partial charge in [0.25, 0.3) is 5.91 Å². The zero-order chi connectivity index (χ0) is 14.5. The van der Waals surface area contributed by atoms with Crippen LogP contribution in [-0.2, 0) is 4.79 Å². The first-order chi connectivity index (χ1) is 9.58. The molecule has 1 saturated carbocycles. The number of rotatable bonds is 5. The van der Waals surface area contributed by atoms with E-state index in [9.17, 15) is 9.90 Å². The summed E-state index contributed by atoms with van der Waals surface area (Å²) in [5.74, 6) is 0.310. The fraction of sp³-hybridized carbons (Fsp3) is 0.533. The van der Waals surface area contributed by atoms with E-state index in [1.807, 2.05) is 31.2 Å². The molecule has 1 aromatic carbocycles. The van der Waals surface area contributed by atoms with Crippen LogP contribution in [0.4, 0.5) is 0 Å². The van der Waals surface area contributed by atoms with E-state index >= 15 is 0 Å². The monoisotopic (exact) mass is 279 g/mol. The standard InChI is InChI=1S/C15H21NO4/c1-10-2-4-13(5-3-10)20-9-15(19)16-12-6-11(8-17)14(18)7-12/h2-5,11-12,14,17-18H,6-9H2,1H3,(H,16,19)/t11-,12+,14+/m1/s1. The molecule has 0 spiro atoms. The molecule has 0 heterocycles. The minimum Gasteiger partial charge on any atom is -0.484 e. The molecule has 1 amide bonds. The number of carbonyl (C=O) groups is 1. The normalized spacial score (nSPS) is 25.4. The highest BCUT2D eigenvalue weighted by molar-refractivity contribution is 5.77. The molecular weight excluding hydrogens is 258 g/mol. The molecule has 0 aliphatic heterocycles. The van der Waals surface area contributed by atoms with Crippen LogP contribution >= 0.6 is 0 Å². The van der Waals surface area contributed by atoms with Crippen molar-refractivity contribution in [3.63, 3.8) is 0 Å². The molecule has 1 aromatic rings. The Labute approximate surface area is 118 Å². The maximum absolute atomic E-state index is 11.8. The smallest absolute Gasteiger partial charge is 0.258 e. The van der Waals surface area contributed by atoms with E-state index in [1.165, 1.54) is 0 Å². The molecule has 3 atom stereocenters. The molecule has 110 valence electrons. The fourth-order valence-corrected chi connectivity index (χ4v) is 2.47. The lowest BCUT2D eigenvalue weighted by atomic mass is 10.1. The number of aryl methyl sites for hydroxylation is 1. The van der Waals surface area contributed by atoms with Crippen molar-refractivity contribution in [2.75, 3.05) is 13.2 Å². The minimum absolute atomic E-state index is 0.0422. The highest BCUT2D eigenvalue weighted by Gasteiger charge is 2.33. The predicted molar refractivity (Wildman–Crippen MR) is 74.4 cm³/mol. The molecule has 2 rings (SSSR count). The van der Waals surface area contributed by atoms with Crippen LogP contribution in [-0.4, -0.2) is 41.5 Å². The van der Waals surface area contributed by atoms with Crippen LogP contribution in [0.3, 0.4) is 0 Å². The number of carbonyl (C=O) groups excluding carboxylic acids is 1. The van der Waals surface area contributed by atoms with E-state index in [2.05, 4.69) is 5.32 Å². The molecule has 0 saturated heterocycles. The van der Waals surface area contributed by atoms with Gasteiger partial charge in [0.05, 0.1) is 6.10 Å². The Kier molecular flexibility index (Phi) is 4.98. The summed E-state index contributed by atoms with van der Waals surface area (Å²) in [6.07, 6.45) is 0.554. The first-order valence-corrected chi connectivity index (χ1v) is 6.86. The van der Waals surface area contributed by atoms with E-state index in [1.54, 1.807) is 0 Å². The summed E-state index contributed by atoms with van der Waals surface area (Å²) < 4.78 is 5.39. The van der Waals surface area contributed by atoms with Gasteiger partial charge in [0, 0.05) is 18.6 Å². The first-order valence-electron chi connectivity index (χ1n) is 6.86. The maximum atomic E-state index is 11.8. The van der Waals surface area contributed by atoms with Gasteiger partial charge in [0.15, 0.2) is 6.61 Å². The maximum Gasteiger partial charge on any atom is 0.258 e. The van der Waals surface area contributed by atoms with Gasteiger partial charge in [-0.2, -0.15) is 0 Å². The number of amides is 1. The molecule has 5 heteroatoms. The van der Waals surface area contributed by atoms with Gasteiger partial charge in [-0.1, -0.05) is 17.7 Å². The number of ether oxygens (including phenoxy) is 1. The number of hydrogen-bond acceptors (Lipinski definition) is 4. The molecule has 0 aromatic heterocycles. The number of hydrogen-bond donors (Lipinski definition) is 3. The van der Waals surface area contributed by atoms with Gasteiger partial charge in [-0.25, -0.2) is 0 Å². The average molecular weight is 279 g/mol. The van der Waals surface area contributed by atoms with Crippen molar-refractivity contribution in [1.29, 1.82) is 0 Å². The van der Waals surface area contributed by atoms with Crippen LogP contribution in [0.2, 0.25) is 0 Å². The molecule has 1 fully saturated rings. The van der Waals surface area contributed by atoms with Crippen molar-refractivity contribution in [3.8, 4) is 5.75 Å². The summed E-state index contributed by atoms with van der Waals surface area (Å²) in [5.41, 5.74) is 1.14. The Morgan fingerprint density at radius 2 is 2.05 bits per heavy atom. The SMILES string of the molecule is Cc1ccc(OCC(=O)N[C@H]2C[C@H](CO)[C@@H](O)C2)cc1. The zero-order valence-electron chi connectivity index (χ0n) is 11.6. The molecule has 0 unspecified atom stereocenters. The Bertz CT molecular complexity index is 446. The highest BCUT2D eigenvalue weighted by atomic mass is 16.5. The molecule has 0 radical (unpaired) electrons. The lowest BCUT2D eigenvalue weighted by Gasteiger charge is -2.13. The molecular formula is C15H21NO4. The fourth-order valence-electron chi connectivity index (χ4n) is 2.47. The average Bonchev–Trinajstić information content (AvgIpc) is 2.78. The Hall–Kier alpha value is -1.59. The molecule has 1 aliphatic carbocycles. The van der Waals surface area contributed by atoms with Crippen LogP contribution in [0.1, 0.15) is 18.4 Å². The lowest BCUT2D eigenvalue weighted by molar-refractivity contribution is -0.123. The Balaban J connectivity index is 1.74. The summed E-state index contributed by atoms with van der Waals surface area (Å²) in [5, 5.41) is 21.5. The molecule has 3 N–H and O–H groups in total. The quantitative estimate of drug-likeness (QED) is 0.738. The largest absolute Gasteiger partial charge is 0.484 e. The van der Waals surface area contributed by atoms with E-state index in [0.29, 0.717) is 18.6 Å². The van der Waals surface area contributed by atoms with Crippen LogP contribution in [0, 0.1) is 12.8 Å². The first kappa shape index (κ1) is 14.8. The van der Waals surface area contributed by atoms with E-state index in [0.717, 1.165) is 5.56 Å². The lowest BCUT2D eigenvalue weighted by Crippen LogP contribution is -2.36. The third kappa shape index (κ3) is 3.95. The van der Waals surface area contributed by atoms with Crippen LogP contribution in [0.5, 0.6) is 5.75 Å². The third-order valence-corrected chi connectivity index (χ3v) is 3.65. The van der Waals surface area contributed by atoms with Crippen molar-refractivity contribution < 1.29 is 19.7 Å². The summed E-state index contributed by atoms with van der Waals surface area (Å²) in [4.78, 5) is 11.8. The minimum atomic E-state index is -0.539. The van der Waals surface area contributed by atoms with Crippen LogP contribution < -0.4 is 10.1 Å². The molecule has 1 aliphatic rings. The van der Waals surface area contributed by atoms with Crippen molar-refractivity contribution in [2.24, 2.45) is 5.92 Å². The van der Waals surface area contributed by atoms with Gasteiger partial charge in [-0.15, -0.1) is 0 Å². The van der Waals surface area contributed by atoms with Crippen molar-refractivity contribution >= 4 is 5.91 Å². The Morgan fingerprint density at radius 3 is 2.65 bits per heavy atom. The zero-order valence-corrected chi connectivity index (χ0v) is 11.6.